The largest absolute Gasteiger partial charge is 0.303 e. The molecule has 3 aromatic rings. The number of halogens is 5. The number of hydrogen-bond donors (Lipinski definition) is 0. The van der Waals surface area contributed by atoms with Gasteiger partial charge in [-0.2, -0.15) is 0 Å². The third-order valence-electron chi connectivity index (χ3n) is 11.1. The molecular weight excluding hydrogens is 885 g/mol. The number of benzene rings is 3. The second kappa shape index (κ2) is 31.5. The minimum absolute atomic E-state index is 0.156. The van der Waals surface area contributed by atoms with Gasteiger partial charge in [-0.3, -0.25) is 13.2 Å². The molecule has 3 aromatic carbocycles. The van der Waals surface area contributed by atoms with Crippen molar-refractivity contribution in [3.05, 3.63) is 104 Å². The molecule has 0 spiro atoms. The molecule has 2 nitrogen and oxygen atoms in total. The Bertz CT molecular complexity index is 1560. The Hall–Kier alpha value is -2.33. The van der Waals surface area contributed by atoms with Gasteiger partial charge in [-0.25, -0.2) is 0 Å². The van der Waals surface area contributed by atoms with Crippen molar-refractivity contribution in [1.82, 2.24) is 9.80 Å². The molecular formula is C51H73Br2F3N2Si. The molecule has 3 fully saturated rings. The lowest BCUT2D eigenvalue weighted by atomic mass is 9.84. The molecule has 8 heteroatoms. The van der Waals surface area contributed by atoms with Crippen molar-refractivity contribution in [2.45, 2.75) is 128 Å². The molecule has 0 unspecified atom stereocenters. The average Bonchev–Trinajstić information content (AvgIpc) is 3.27. The smallest absolute Gasteiger partial charge is 0.128 e. The van der Waals surface area contributed by atoms with E-state index in [0.29, 0.717) is 24.7 Å². The fourth-order valence-electron chi connectivity index (χ4n) is 7.44. The summed E-state index contributed by atoms with van der Waals surface area (Å²) in [5, 5.41) is 0. The zero-order valence-electron chi connectivity index (χ0n) is 36.7. The number of alkyl halides is 3. The molecule has 0 N–H and O–H groups in total. The Morgan fingerprint density at radius 2 is 0.898 bits per heavy atom. The number of terminal acetylenes is 2. The van der Waals surface area contributed by atoms with Crippen LogP contribution in [-0.4, -0.2) is 77.2 Å². The SMILES string of the molecule is Brc1ccc(C2CCCCC2)cc1.C#C[Si](C)(C)C.C#Cc1ccc(C2CCN(CCCF)CC2)cc1.CCCCF.FCCCN1CCC(c2ccc(Br)cc2)CC1. The lowest BCUT2D eigenvalue weighted by Crippen LogP contribution is -2.33. The summed E-state index contributed by atoms with van der Waals surface area (Å²) in [5.41, 5.74) is 8.05. The highest BCUT2D eigenvalue weighted by molar-refractivity contribution is 9.10. The molecule has 0 atom stereocenters. The van der Waals surface area contributed by atoms with Crippen LogP contribution in [0.25, 0.3) is 0 Å². The van der Waals surface area contributed by atoms with Crippen LogP contribution in [0, 0.1) is 24.3 Å². The van der Waals surface area contributed by atoms with Crippen LogP contribution in [-0.2, 0) is 0 Å². The Morgan fingerprint density at radius 3 is 1.19 bits per heavy atom. The monoisotopic (exact) mass is 956 g/mol. The highest BCUT2D eigenvalue weighted by atomic mass is 79.9. The summed E-state index contributed by atoms with van der Waals surface area (Å²) in [6.45, 7) is 14.1. The van der Waals surface area contributed by atoms with E-state index in [4.69, 9.17) is 12.8 Å². The van der Waals surface area contributed by atoms with Crippen LogP contribution < -0.4 is 0 Å². The first-order chi connectivity index (χ1) is 28.5. The van der Waals surface area contributed by atoms with Gasteiger partial charge in [0.05, 0.1) is 20.0 Å². The summed E-state index contributed by atoms with van der Waals surface area (Å²) in [6.07, 6.45) is 25.3. The molecule has 1 aliphatic carbocycles. The van der Waals surface area contributed by atoms with Gasteiger partial charge in [0.2, 0.25) is 0 Å². The maximum atomic E-state index is 12.1. The minimum atomic E-state index is -1.10. The summed E-state index contributed by atoms with van der Waals surface area (Å²) >= 11 is 6.93. The fraction of sp³-hybridized carbons (Fsp3) is 0.569. The van der Waals surface area contributed by atoms with Crippen molar-refractivity contribution in [2.24, 2.45) is 0 Å². The molecule has 6 rings (SSSR count). The molecule has 326 valence electrons. The first-order valence-electron chi connectivity index (χ1n) is 22.1. The Morgan fingerprint density at radius 1 is 0.559 bits per heavy atom. The van der Waals surface area contributed by atoms with Crippen LogP contribution in [0.5, 0.6) is 0 Å². The maximum absolute atomic E-state index is 12.1. The Balaban J connectivity index is 0.000000273. The topological polar surface area (TPSA) is 6.48 Å². The van der Waals surface area contributed by atoms with E-state index in [0.717, 1.165) is 68.1 Å². The summed E-state index contributed by atoms with van der Waals surface area (Å²) in [4.78, 5) is 4.75. The highest BCUT2D eigenvalue weighted by Crippen LogP contribution is 2.33. The van der Waals surface area contributed by atoms with Gasteiger partial charge in [-0.1, -0.05) is 126 Å². The standard InChI is InChI=1S/C16H20FN.C14H19BrFN.C12H15Br.C5H10Si.C4H9F/c1-2-14-4-6-15(7-5-14)16-8-12-18(13-9-16)11-3-10-17;15-14-4-2-12(3-5-14)13-6-10-17(11-7-13)9-1-8-16;13-12-8-6-11(7-9-12)10-4-2-1-3-5-10;1-5-6(2,3)4;1-2-3-4-5/h1,4-7,16H,3,8-13H2;2-5,13H,1,6-11H2;6-10H,1-5H2;1H,2-4H3;2-4H2,1H3. The van der Waals surface area contributed by atoms with Gasteiger partial charge < -0.3 is 9.80 Å². The molecule has 1 saturated carbocycles. The van der Waals surface area contributed by atoms with Gasteiger partial charge in [-0.15, -0.1) is 18.4 Å². The second-order valence-electron chi connectivity index (χ2n) is 17.0. The van der Waals surface area contributed by atoms with Crippen LogP contribution in [0.3, 0.4) is 0 Å². The number of likely N-dealkylation sites (tertiary alicyclic amines) is 2. The number of hydrogen-bond acceptors (Lipinski definition) is 2. The summed E-state index contributed by atoms with van der Waals surface area (Å²) in [5.74, 6) is 4.80. The molecule has 2 aliphatic heterocycles. The number of unbranched alkanes of at least 4 members (excludes halogenated alkanes) is 1. The van der Waals surface area contributed by atoms with E-state index in [1.165, 1.54) is 79.0 Å². The van der Waals surface area contributed by atoms with E-state index >= 15 is 0 Å². The number of rotatable bonds is 11. The first kappa shape index (κ1) is 52.8. The Kier molecular flexibility index (Phi) is 28.2. The van der Waals surface area contributed by atoms with Crippen molar-refractivity contribution in [1.29, 1.82) is 0 Å². The molecule has 0 bridgehead atoms. The van der Waals surface area contributed by atoms with Crippen molar-refractivity contribution < 1.29 is 13.2 Å². The van der Waals surface area contributed by atoms with E-state index in [1.807, 2.05) is 19.1 Å². The van der Waals surface area contributed by atoms with Crippen LogP contribution in [0.4, 0.5) is 13.2 Å². The van der Waals surface area contributed by atoms with Crippen molar-refractivity contribution >= 4 is 39.9 Å². The first-order valence-corrected chi connectivity index (χ1v) is 27.2. The third-order valence-corrected chi connectivity index (χ3v) is 13.1. The van der Waals surface area contributed by atoms with Crippen LogP contribution in [0.15, 0.2) is 81.7 Å². The van der Waals surface area contributed by atoms with Crippen LogP contribution in [0.2, 0.25) is 19.6 Å². The lowest BCUT2D eigenvalue weighted by molar-refractivity contribution is 0.204. The van der Waals surface area contributed by atoms with Crippen molar-refractivity contribution in [2.75, 3.05) is 59.3 Å². The molecule has 3 aliphatic rings. The second-order valence-corrected chi connectivity index (χ2v) is 23.6. The lowest BCUT2D eigenvalue weighted by Gasteiger charge is -2.32. The summed E-state index contributed by atoms with van der Waals surface area (Å²) in [7, 11) is -1.10. The minimum Gasteiger partial charge on any atom is -0.303 e. The molecule has 2 saturated heterocycles. The highest BCUT2D eigenvalue weighted by Gasteiger charge is 2.21. The molecule has 2 heterocycles. The van der Waals surface area contributed by atoms with Gasteiger partial charge in [0.15, 0.2) is 0 Å². The van der Waals surface area contributed by atoms with Crippen molar-refractivity contribution in [3.8, 4) is 24.3 Å². The maximum Gasteiger partial charge on any atom is 0.128 e. The normalized spacial score (nSPS) is 16.6. The van der Waals surface area contributed by atoms with Gasteiger partial charge in [0, 0.05) is 27.6 Å². The fourth-order valence-corrected chi connectivity index (χ4v) is 7.97. The number of nitrogens with zero attached hydrogens (tertiary/aromatic N) is 2. The van der Waals surface area contributed by atoms with E-state index in [-0.39, 0.29) is 20.0 Å². The predicted octanol–water partition coefficient (Wildman–Crippen LogP) is 14.9. The van der Waals surface area contributed by atoms with E-state index < -0.39 is 8.07 Å². The van der Waals surface area contributed by atoms with Gasteiger partial charge >= 0.3 is 0 Å². The molecule has 0 amide bonds. The average molecular weight is 959 g/mol. The van der Waals surface area contributed by atoms with Gasteiger partial charge in [0.1, 0.15) is 8.07 Å². The van der Waals surface area contributed by atoms with E-state index in [1.54, 1.807) is 0 Å². The zero-order valence-corrected chi connectivity index (χ0v) is 40.8. The zero-order chi connectivity index (χ0) is 43.3. The quantitative estimate of drug-likeness (QED) is 0.140. The predicted molar refractivity (Wildman–Crippen MR) is 260 cm³/mol. The third kappa shape index (κ3) is 23.5. The van der Waals surface area contributed by atoms with Crippen molar-refractivity contribution in [3.63, 3.8) is 0 Å². The molecule has 59 heavy (non-hydrogen) atoms. The van der Waals surface area contributed by atoms with Crippen LogP contribution in [0.1, 0.15) is 130 Å². The van der Waals surface area contributed by atoms with Gasteiger partial charge in [0.25, 0.3) is 0 Å². The summed E-state index contributed by atoms with van der Waals surface area (Å²) in [6, 6.07) is 25.8. The van der Waals surface area contributed by atoms with E-state index in [9.17, 15) is 13.2 Å². The van der Waals surface area contributed by atoms with Crippen LogP contribution >= 0.6 is 31.9 Å². The van der Waals surface area contributed by atoms with E-state index in [2.05, 4.69) is 133 Å². The number of piperidine rings is 2. The van der Waals surface area contributed by atoms with Gasteiger partial charge in [-0.05, 0) is 155 Å². The Labute approximate surface area is 376 Å². The molecule has 0 radical (unpaired) electrons. The molecule has 0 aromatic heterocycles. The summed E-state index contributed by atoms with van der Waals surface area (Å²) < 4.78 is 37.5.